The molecule has 3 nitrogen and oxygen atoms in total. The number of hydrogen-bond acceptors (Lipinski definition) is 3. The molecule has 0 aliphatic heterocycles. The lowest BCUT2D eigenvalue weighted by atomic mass is 10.2. The topological polar surface area (TPSA) is 47.3 Å². The first kappa shape index (κ1) is 13.8. The summed E-state index contributed by atoms with van der Waals surface area (Å²) in [4.78, 5) is 0. The Morgan fingerprint density at radius 3 is 2.82 bits per heavy atom. The third-order valence-electron chi connectivity index (χ3n) is 2.56. The number of nitrogen functional groups attached to an aromatic ring is 1. The van der Waals surface area contributed by atoms with Crippen LogP contribution in [0.5, 0.6) is 0 Å². The molecule has 0 radical (unpaired) electrons. The van der Waals surface area contributed by atoms with E-state index >= 15 is 0 Å². The normalized spacial score (nSPS) is 10.8. The molecule has 0 unspecified atom stereocenters. The molecule has 0 spiro atoms. The highest BCUT2D eigenvalue weighted by atomic mass is 16.5. The van der Waals surface area contributed by atoms with Crippen molar-refractivity contribution >= 4 is 11.4 Å². The van der Waals surface area contributed by atoms with Crippen LogP contribution in [0.1, 0.15) is 25.8 Å². The van der Waals surface area contributed by atoms with Crippen molar-refractivity contribution in [1.29, 1.82) is 0 Å². The van der Waals surface area contributed by atoms with Crippen LogP contribution in [0.2, 0.25) is 0 Å². The fourth-order valence-electron chi connectivity index (χ4n) is 1.55. The first-order valence-electron chi connectivity index (χ1n) is 6.28. The summed E-state index contributed by atoms with van der Waals surface area (Å²) in [6.45, 7) is 8.87. The molecule has 17 heavy (non-hydrogen) atoms. The summed E-state index contributed by atoms with van der Waals surface area (Å²) in [7, 11) is 0. The van der Waals surface area contributed by atoms with Gasteiger partial charge in [-0.2, -0.15) is 0 Å². The Kier molecular flexibility index (Phi) is 5.84. The second-order valence-electron chi connectivity index (χ2n) is 4.79. The maximum Gasteiger partial charge on any atom is 0.0579 e. The summed E-state index contributed by atoms with van der Waals surface area (Å²) >= 11 is 0. The highest BCUT2D eigenvalue weighted by Crippen LogP contribution is 2.21. The van der Waals surface area contributed by atoms with Crippen molar-refractivity contribution in [2.45, 2.75) is 27.2 Å². The van der Waals surface area contributed by atoms with Crippen LogP contribution in [0.4, 0.5) is 11.4 Å². The Bertz CT molecular complexity index is 337. The van der Waals surface area contributed by atoms with E-state index in [4.69, 9.17) is 10.5 Å². The molecule has 0 aliphatic rings. The highest BCUT2D eigenvalue weighted by Gasteiger charge is 2.00. The number of rotatable bonds is 7. The van der Waals surface area contributed by atoms with Gasteiger partial charge in [0.2, 0.25) is 0 Å². The van der Waals surface area contributed by atoms with Crippen molar-refractivity contribution < 1.29 is 4.74 Å². The number of para-hydroxylation sites is 1. The molecule has 0 fully saturated rings. The first-order valence-corrected chi connectivity index (χ1v) is 6.28. The molecule has 1 aromatic rings. The Hall–Kier alpha value is -1.22. The summed E-state index contributed by atoms with van der Waals surface area (Å²) in [6, 6.07) is 6.05. The average molecular weight is 236 g/mol. The van der Waals surface area contributed by atoms with Crippen molar-refractivity contribution in [3.05, 3.63) is 23.8 Å². The van der Waals surface area contributed by atoms with Crippen molar-refractivity contribution in [2.24, 2.45) is 5.92 Å². The second kappa shape index (κ2) is 7.17. The molecule has 0 saturated carbocycles. The minimum Gasteiger partial charge on any atom is -0.397 e. The minimum absolute atomic E-state index is 0.607. The van der Waals surface area contributed by atoms with E-state index in [-0.39, 0.29) is 0 Å². The Morgan fingerprint density at radius 1 is 1.35 bits per heavy atom. The number of anilines is 2. The van der Waals surface area contributed by atoms with Gasteiger partial charge in [-0.05, 0) is 30.9 Å². The molecule has 0 atom stereocenters. The van der Waals surface area contributed by atoms with Crippen LogP contribution in [0, 0.1) is 12.8 Å². The molecule has 3 N–H and O–H groups in total. The van der Waals surface area contributed by atoms with E-state index in [0.29, 0.717) is 5.92 Å². The SMILES string of the molecule is Cc1cccc(NCCCOCC(C)C)c1N. The van der Waals surface area contributed by atoms with Crippen LogP contribution in [0.3, 0.4) is 0 Å². The molecule has 3 heteroatoms. The molecular formula is C14H24N2O. The van der Waals surface area contributed by atoms with Gasteiger partial charge in [0, 0.05) is 19.8 Å². The molecule has 0 aliphatic carbocycles. The molecule has 0 aromatic heterocycles. The lowest BCUT2D eigenvalue weighted by Gasteiger charge is -2.11. The first-order chi connectivity index (χ1) is 8.11. The fourth-order valence-corrected chi connectivity index (χ4v) is 1.55. The Morgan fingerprint density at radius 2 is 2.12 bits per heavy atom. The van der Waals surface area contributed by atoms with Gasteiger partial charge in [0.15, 0.2) is 0 Å². The van der Waals surface area contributed by atoms with Gasteiger partial charge in [0.1, 0.15) is 0 Å². The predicted molar refractivity (Wildman–Crippen MR) is 74.4 cm³/mol. The summed E-state index contributed by atoms with van der Waals surface area (Å²) in [5, 5.41) is 3.34. The van der Waals surface area contributed by atoms with E-state index in [1.165, 1.54) is 0 Å². The van der Waals surface area contributed by atoms with Gasteiger partial charge in [-0.15, -0.1) is 0 Å². The van der Waals surface area contributed by atoms with Crippen molar-refractivity contribution in [3.8, 4) is 0 Å². The zero-order chi connectivity index (χ0) is 12.7. The van der Waals surface area contributed by atoms with Gasteiger partial charge in [-0.3, -0.25) is 0 Å². The number of ether oxygens (including phenoxy) is 1. The van der Waals surface area contributed by atoms with Crippen LogP contribution in [-0.4, -0.2) is 19.8 Å². The second-order valence-corrected chi connectivity index (χ2v) is 4.79. The Balaban J connectivity index is 2.20. The number of benzene rings is 1. The van der Waals surface area contributed by atoms with Crippen molar-refractivity contribution in [3.63, 3.8) is 0 Å². The van der Waals surface area contributed by atoms with Crippen LogP contribution in [0.25, 0.3) is 0 Å². The molecule has 1 rings (SSSR count). The predicted octanol–water partition coefficient (Wildman–Crippen LogP) is 3.05. The molecular weight excluding hydrogens is 212 g/mol. The number of aryl methyl sites for hydroxylation is 1. The molecule has 96 valence electrons. The maximum atomic E-state index is 5.97. The van der Waals surface area contributed by atoms with E-state index in [2.05, 4.69) is 19.2 Å². The molecule has 0 amide bonds. The summed E-state index contributed by atoms with van der Waals surface area (Å²) in [5.41, 5.74) is 8.95. The standard InChI is InChI=1S/C14H24N2O/c1-11(2)10-17-9-5-8-16-13-7-4-6-12(3)14(13)15/h4,6-7,11,16H,5,8-10,15H2,1-3H3. The maximum absolute atomic E-state index is 5.97. The largest absolute Gasteiger partial charge is 0.397 e. The number of nitrogens with two attached hydrogens (primary N) is 1. The van der Waals surface area contributed by atoms with E-state index in [1.807, 2.05) is 25.1 Å². The van der Waals surface area contributed by atoms with Gasteiger partial charge >= 0.3 is 0 Å². The molecule has 0 heterocycles. The van der Waals surface area contributed by atoms with Gasteiger partial charge in [-0.1, -0.05) is 26.0 Å². The third-order valence-corrected chi connectivity index (χ3v) is 2.56. The smallest absolute Gasteiger partial charge is 0.0579 e. The van der Waals surface area contributed by atoms with E-state index in [0.717, 1.165) is 43.1 Å². The van der Waals surface area contributed by atoms with Gasteiger partial charge in [-0.25, -0.2) is 0 Å². The van der Waals surface area contributed by atoms with Gasteiger partial charge in [0.05, 0.1) is 11.4 Å². The molecule has 1 aromatic carbocycles. The van der Waals surface area contributed by atoms with E-state index < -0.39 is 0 Å². The monoisotopic (exact) mass is 236 g/mol. The van der Waals surface area contributed by atoms with Crippen LogP contribution in [-0.2, 0) is 4.74 Å². The Labute approximate surface area is 104 Å². The average Bonchev–Trinajstić information content (AvgIpc) is 2.28. The molecule has 0 bridgehead atoms. The van der Waals surface area contributed by atoms with Gasteiger partial charge < -0.3 is 15.8 Å². The highest BCUT2D eigenvalue weighted by molar-refractivity contribution is 5.69. The van der Waals surface area contributed by atoms with Crippen LogP contribution in [0.15, 0.2) is 18.2 Å². The zero-order valence-electron chi connectivity index (χ0n) is 11.1. The summed E-state index contributed by atoms with van der Waals surface area (Å²) in [5.74, 6) is 0.607. The lowest BCUT2D eigenvalue weighted by molar-refractivity contribution is 0.110. The van der Waals surface area contributed by atoms with Crippen molar-refractivity contribution in [2.75, 3.05) is 30.8 Å². The minimum atomic E-state index is 0.607. The molecule has 0 saturated heterocycles. The lowest BCUT2D eigenvalue weighted by Crippen LogP contribution is -2.09. The van der Waals surface area contributed by atoms with E-state index in [1.54, 1.807) is 0 Å². The summed E-state index contributed by atoms with van der Waals surface area (Å²) in [6.07, 6.45) is 1.00. The third kappa shape index (κ3) is 5.09. The summed E-state index contributed by atoms with van der Waals surface area (Å²) < 4.78 is 5.52. The van der Waals surface area contributed by atoms with E-state index in [9.17, 15) is 0 Å². The number of hydrogen-bond donors (Lipinski definition) is 2. The number of nitrogens with one attached hydrogen (secondary N) is 1. The quantitative estimate of drug-likeness (QED) is 0.565. The van der Waals surface area contributed by atoms with Crippen molar-refractivity contribution in [1.82, 2.24) is 0 Å². The zero-order valence-corrected chi connectivity index (χ0v) is 11.1. The van der Waals surface area contributed by atoms with Gasteiger partial charge in [0.25, 0.3) is 0 Å². The van der Waals surface area contributed by atoms with Crippen LogP contribution < -0.4 is 11.1 Å². The van der Waals surface area contributed by atoms with Crippen LogP contribution >= 0.6 is 0 Å². The fraction of sp³-hybridized carbons (Fsp3) is 0.571.